The lowest BCUT2D eigenvalue weighted by molar-refractivity contribution is 0.564. The van der Waals surface area contributed by atoms with Crippen molar-refractivity contribution in [3.05, 3.63) is 108 Å². The lowest BCUT2D eigenvalue weighted by Gasteiger charge is -2.21. The SMILES string of the molecule is CC.CC.CC(C)C(c1ccccc1)c1ccccc1.CCc1c[nH]c2ccccc12. The van der Waals surface area contributed by atoms with Gasteiger partial charge in [-0.3, -0.25) is 0 Å². The summed E-state index contributed by atoms with van der Waals surface area (Å²) in [6.07, 6.45) is 3.19. The first-order chi connectivity index (χ1) is 15.2. The highest BCUT2D eigenvalue weighted by Crippen LogP contribution is 2.31. The van der Waals surface area contributed by atoms with E-state index < -0.39 is 0 Å². The molecule has 1 heterocycles. The Labute approximate surface area is 190 Å². The van der Waals surface area contributed by atoms with Crippen LogP contribution in [-0.2, 0) is 6.42 Å². The molecular weight excluding hydrogens is 374 g/mol. The highest BCUT2D eigenvalue weighted by atomic mass is 14.7. The number of para-hydroxylation sites is 1. The van der Waals surface area contributed by atoms with Crippen LogP contribution in [0.1, 0.15) is 71.1 Å². The van der Waals surface area contributed by atoms with E-state index in [2.05, 4.69) is 117 Å². The molecule has 1 nitrogen and oxygen atoms in total. The van der Waals surface area contributed by atoms with Gasteiger partial charge in [-0.15, -0.1) is 0 Å². The van der Waals surface area contributed by atoms with Crippen LogP contribution in [0.25, 0.3) is 10.9 Å². The third-order valence-corrected chi connectivity index (χ3v) is 5.04. The van der Waals surface area contributed by atoms with Crippen LogP contribution < -0.4 is 0 Å². The Balaban J connectivity index is 0.000000279. The van der Waals surface area contributed by atoms with Crippen molar-refractivity contribution in [1.29, 1.82) is 0 Å². The molecule has 1 heteroatoms. The number of nitrogens with one attached hydrogen (secondary N) is 1. The van der Waals surface area contributed by atoms with E-state index in [9.17, 15) is 0 Å². The minimum absolute atomic E-state index is 0.502. The number of rotatable bonds is 4. The van der Waals surface area contributed by atoms with Crippen molar-refractivity contribution in [3.8, 4) is 0 Å². The van der Waals surface area contributed by atoms with Gasteiger partial charge in [-0.05, 0) is 35.1 Å². The zero-order valence-electron chi connectivity index (χ0n) is 20.5. The fourth-order valence-electron chi connectivity index (χ4n) is 3.71. The van der Waals surface area contributed by atoms with Crippen LogP contribution in [0.15, 0.2) is 91.1 Å². The molecule has 0 saturated carbocycles. The summed E-state index contributed by atoms with van der Waals surface area (Å²) < 4.78 is 0. The molecule has 1 aromatic heterocycles. The Morgan fingerprint density at radius 1 is 0.645 bits per heavy atom. The predicted molar refractivity (Wildman–Crippen MR) is 140 cm³/mol. The molecule has 0 spiro atoms. The quantitative estimate of drug-likeness (QED) is 0.342. The van der Waals surface area contributed by atoms with Crippen molar-refractivity contribution in [3.63, 3.8) is 0 Å². The number of H-pyrrole nitrogens is 1. The minimum atomic E-state index is 0.502. The molecule has 4 rings (SSSR count). The molecule has 31 heavy (non-hydrogen) atoms. The normalized spacial score (nSPS) is 9.84. The third-order valence-electron chi connectivity index (χ3n) is 5.04. The molecule has 0 amide bonds. The number of aromatic amines is 1. The number of fused-ring (bicyclic) bond motifs is 1. The first-order valence-electron chi connectivity index (χ1n) is 11.9. The summed E-state index contributed by atoms with van der Waals surface area (Å²) in [6, 6.07) is 29.9. The maximum Gasteiger partial charge on any atom is 0.0456 e. The first kappa shape index (κ1) is 26.2. The Morgan fingerprint density at radius 2 is 1.10 bits per heavy atom. The highest BCUT2D eigenvalue weighted by molar-refractivity contribution is 5.82. The predicted octanol–water partition coefficient (Wildman–Crippen LogP) is 9.26. The molecule has 1 N–H and O–H groups in total. The van der Waals surface area contributed by atoms with Crippen LogP contribution in [0.5, 0.6) is 0 Å². The van der Waals surface area contributed by atoms with Crippen molar-refractivity contribution in [2.24, 2.45) is 5.92 Å². The second kappa shape index (κ2) is 15.1. The van der Waals surface area contributed by atoms with Gasteiger partial charge in [0.1, 0.15) is 0 Å². The summed E-state index contributed by atoms with van der Waals surface area (Å²) in [5.74, 6) is 1.12. The van der Waals surface area contributed by atoms with Crippen LogP contribution >= 0.6 is 0 Å². The van der Waals surface area contributed by atoms with E-state index in [-0.39, 0.29) is 0 Å². The molecule has 0 aliphatic rings. The maximum atomic E-state index is 3.24. The smallest absolute Gasteiger partial charge is 0.0456 e. The zero-order valence-corrected chi connectivity index (χ0v) is 20.5. The van der Waals surface area contributed by atoms with Gasteiger partial charge in [0, 0.05) is 23.0 Å². The van der Waals surface area contributed by atoms with Crippen LogP contribution in [0.3, 0.4) is 0 Å². The summed E-state index contributed by atoms with van der Waals surface area (Å²) in [5.41, 5.74) is 5.46. The van der Waals surface area contributed by atoms with E-state index in [1.165, 1.54) is 27.6 Å². The summed E-state index contributed by atoms with van der Waals surface area (Å²) in [7, 11) is 0. The molecule has 166 valence electrons. The molecule has 0 fully saturated rings. The molecule has 0 aliphatic heterocycles. The second-order valence-corrected chi connectivity index (χ2v) is 7.26. The van der Waals surface area contributed by atoms with E-state index in [0.29, 0.717) is 11.8 Å². The fraction of sp³-hybridized carbons (Fsp3) is 0.333. The molecule has 0 unspecified atom stereocenters. The lowest BCUT2D eigenvalue weighted by Crippen LogP contribution is -2.08. The standard InChI is InChI=1S/C16H18.C10H11N.2C2H6/c1-13(2)16(14-9-5-3-6-10-14)15-11-7-4-8-12-15;1-2-8-7-11-10-6-4-3-5-9(8)10;2*1-2/h3-13,16H,1-2H3;3-7,11H,2H2,1H3;2*1-2H3. The zero-order chi connectivity index (χ0) is 23.1. The van der Waals surface area contributed by atoms with E-state index in [4.69, 9.17) is 0 Å². The Bertz CT molecular complexity index is 896. The first-order valence-corrected chi connectivity index (χ1v) is 11.9. The minimum Gasteiger partial charge on any atom is -0.361 e. The Kier molecular flexibility index (Phi) is 12.8. The van der Waals surface area contributed by atoms with Gasteiger partial charge in [-0.2, -0.15) is 0 Å². The summed E-state index contributed by atoms with van der Waals surface area (Å²) in [5, 5.41) is 1.36. The molecule has 0 saturated heterocycles. The van der Waals surface area contributed by atoms with Crippen molar-refractivity contribution >= 4 is 10.9 Å². The largest absolute Gasteiger partial charge is 0.361 e. The molecule has 4 aromatic rings. The van der Waals surface area contributed by atoms with Gasteiger partial charge in [0.2, 0.25) is 0 Å². The van der Waals surface area contributed by atoms with E-state index in [0.717, 1.165) is 6.42 Å². The van der Waals surface area contributed by atoms with E-state index >= 15 is 0 Å². The molecule has 0 atom stereocenters. The van der Waals surface area contributed by atoms with Crippen LogP contribution in [0, 0.1) is 5.92 Å². The van der Waals surface area contributed by atoms with E-state index in [1.807, 2.05) is 27.7 Å². The average Bonchev–Trinajstić information content (AvgIpc) is 3.27. The third kappa shape index (κ3) is 7.75. The topological polar surface area (TPSA) is 15.8 Å². The van der Waals surface area contributed by atoms with E-state index in [1.54, 1.807) is 0 Å². The van der Waals surface area contributed by atoms with Gasteiger partial charge >= 0.3 is 0 Å². The van der Waals surface area contributed by atoms with Crippen molar-refractivity contribution in [2.45, 2.75) is 60.8 Å². The Hall–Kier alpha value is -2.80. The van der Waals surface area contributed by atoms with Crippen molar-refractivity contribution < 1.29 is 0 Å². The number of aryl methyl sites for hydroxylation is 1. The fourth-order valence-corrected chi connectivity index (χ4v) is 3.71. The van der Waals surface area contributed by atoms with Crippen LogP contribution in [0.2, 0.25) is 0 Å². The van der Waals surface area contributed by atoms with Crippen molar-refractivity contribution in [1.82, 2.24) is 4.98 Å². The maximum absolute atomic E-state index is 3.24. The lowest BCUT2D eigenvalue weighted by atomic mass is 9.83. The monoisotopic (exact) mass is 415 g/mol. The summed E-state index contributed by atoms with van der Waals surface area (Å²) >= 11 is 0. The molecule has 0 radical (unpaired) electrons. The highest BCUT2D eigenvalue weighted by Gasteiger charge is 2.17. The van der Waals surface area contributed by atoms with Gasteiger partial charge in [0.15, 0.2) is 0 Å². The number of hydrogen-bond acceptors (Lipinski definition) is 0. The number of benzene rings is 3. The summed E-state index contributed by atoms with van der Waals surface area (Å²) in [4.78, 5) is 3.24. The Morgan fingerprint density at radius 3 is 1.55 bits per heavy atom. The molecule has 0 bridgehead atoms. The van der Waals surface area contributed by atoms with Gasteiger partial charge < -0.3 is 4.98 Å². The van der Waals surface area contributed by atoms with Gasteiger partial charge in [-0.1, -0.05) is 127 Å². The number of hydrogen-bond donors (Lipinski definition) is 1. The van der Waals surface area contributed by atoms with Gasteiger partial charge in [-0.25, -0.2) is 0 Å². The molecule has 0 aliphatic carbocycles. The second-order valence-electron chi connectivity index (χ2n) is 7.26. The van der Waals surface area contributed by atoms with Crippen molar-refractivity contribution in [2.75, 3.05) is 0 Å². The number of aromatic nitrogens is 1. The molecular formula is C30H41N. The molecule has 3 aromatic carbocycles. The van der Waals surface area contributed by atoms with Gasteiger partial charge in [0.25, 0.3) is 0 Å². The van der Waals surface area contributed by atoms with Crippen LogP contribution in [-0.4, -0.2) is 4.98 Å². The van der Waals surface area contributed by atoms with Crippen LogP contribution in [0.4, 0.5) is 0 Å². The van der Waals surface area contributed by atoms with Gasteiger partial charge in [0.05, 0.1) is 0 Å². The average molecular weight is 416 g/mol. The summed E-state index contributed by atoms with van der Waals surface area (Å²) in [6.45, 7) is 14.7.